The summed E-state index contributed by atoms with van der Waals surface area (Å²) in [6.45, 7) is 7.39. The molecule has 1 heteroatoms. The molecule has 0 aromatic carbocycles. The predicted octanol–water partition coefficient (Wildman–Crippen LogP) is 2.17. The maximum absolute atomic E-state index is 3.98. The summed E-state index contributed by atoms with van der Waals surface area (Å²) < 4.78 is 0. The van der Waals surface area contributed by atoms with E-state index in [4.69, 9.17) is 0 Å². The van der Waals surface area contributed by atoms with Crippen LogP contribution in [-0.4, -0.2) is 5.71 Å². The van der Waals surface area contributed by atoms with E-state index in [2.05, 4.69) is 11.6 Å². The Morgan fingerprint density at radius 2 is 2.25 bits per heavy atom. The Morgan fingerprint density at radius 1 is 1.62 bits per heavy atom. The topological polar surface area (TPSA) is 12.4 Å². The third kappa shape index (κ3) is 3.34. The van der Waals surface area contributed by atoms with Gasteiger partial charge in [-0.3, -0.25) is 4.99 Å². The van der Waals surface area contributed by atoms with Gasteiger partial charge in [0.2, 0.25) is 0 Å². The van der Waals surface area contributed by atoms with Crippen LogP contribution in [0.2, 0.25) is 0 Å². The van der Waals surface area contributed by atoms with Gasteiger partial charge in [0.1, 0.15) is 0 Å². The number of nitrogens with zero attached hydrogens (tertiary/aromatic N) is 1. The SMILES string of the molecule is C=C/C(C)=N/C=C\C. The average Bonchev–Trinajstić information content (AvgIpc) is 1.83. The van der Waals surface area contributed by atoms with E-state index in [0.29, 0.717) is 0 Å². The van der Waals surface area contributed by atoms with E-state index >= 15 is 0 Å². The van der Waals surface area contributed by atoms with Gasteiger partial charge in [-0.15, -0.1) is 0 Å². The van der Waals surface area contributed by atoms with Crippen LogP contribution in [0.25, 0.3) is 0 Å². The van der Waals surface area contributed by atoms with Crippen LogP contribution in [0, 0.1) is 0 Å². The summed E-state index contributed by atoms with van der Waals surface area (Å²) in [5, 5.41) is 0. The van der Waals surface area contributed by atoms with Crippen molar-refractivity contribution in [3.63, 3.8) is 0 Å². The molecule has 0 saturated heterocycles. The van der Waals surface area contributed by atoms with Crippen LogP contribution in [-0.2, 0) is 0 Å². The Bertz CT molecular complexity index is 120. The van der Waals surface area contributed by atoms with Gasteiger partial charge in [0.05, 0.1) is 0 Å². The van der Waals surface area contributed by atoms with Crippen LogP contribution in [0.5, 0.6) is 0 Å². The van der Waals surface area contributed by atoms with Crippen LogP contribution in [0.4, 0.5) is 0 Å². The standard InChI is InChI=1S/C7H11N/c1-4-6-8-7(3)5-2/h4-6H,2H2,1,3H3/b6-4-,8-7+. The predicted molar refractivity (Wildman–Crippen MR) is 38.1 cm³/mol. The summed E-state index contributed by atoms with van der Waals surface area (Å²) in [5.41, 5.74) is 0.947. The van der Waals surface area contributed by atoms with Crippen molar-refractivity contribution in [3.05, 3.63) is 24.9 Å². The highest BCUT2D eigenvalue weighted by atomic mass is 14.7. The third-order valence-corrected chi connectivity index (χ3v) is 0.723. The van der Waals surface area contributed by atoms with Crippen LogP contribution in [0.1, 0.15) is 13.8 Å². The molecule has 0 aliphatic rings. The van der Waals surface area contributed by atoms with Crippen molar-refractivity contribution < 1.29 is 0 Å². The zero-order valence-corrected chi connectivity index (χ0v) is 5.39. The lowest BCUT2D eigenvalue weighted by Gasteiger charge is -1.81. The van der Waals surface area contributed by atoms with Crippen LogP contribution in [0.3, 0.4) is 0 Å². The molecule has 1 nitrogen and oxygen atoms in total. The number of allylic oxidation sites excluding steroid dienone is 2. The molecule has 0 saturated carbocycles. The van der Waals surface area contributed by atoms with Gasteiger partial charge in [0, 0.05) is 11.9 Å². The monoisotopic (exact) mass is 109 g/mol. The maximum atomic E-state index is 3.98. The summed E-state index contributed by atoms with van der Waals surface area (Å²) >= 11 is 0. The van der Waals surface area contributed by atoms with E-state index in [1.54, 1.807) is 12.3 Å². The normalized spacial score (nSPS) is 12.5. The molecule has 0 aliphatic heterocycles. The van der Waals surface area contributed by atoms with Crippen molar-refractivity contribution in [2.75, 3.05) is 0 Å². The molecule has 0 bridgehead atoms. The van der Waals surface area contributed by atoms with Crippen LogP contribution < -0.4 is 0 Å². The van der Waals surface area contributed by atoms with Crippen molar-refractivity contribution in [3.8, 4) is 0 Å². The van der Waals surface area contributed by atoms with E-state index in [0.717, 1.165) is 5.71 Å². The lowest BCUT2D eigenvalue weighted by atomic mass is 10.4. The third-order valence-electron chi connectivity index (χ3n) is 0.723. The second kappa shape index (κ2) is 4.31. The summed E-state index contributed by atoms with van der Waals surface area (Å²) in [6, 6.07) is 0. The zero-order valence-electron chi connectivity index (χ0n) is 5.39. The number of rotatable bonds is 2. The lowest BCUT2D eigenvalue weighted by Crippen LogP contribution is -1.77. The van der Waals surface area contributed by atoms with Crippen LogP contribution >= 0.6 is 0 Å². The zero-order chi connectivity index (χ0) is 6.41. The van der Waals surface area contributed by atoms with Gasteiger partial charge in [0.15, 0.2) is 0 Å². The van der Waals surface area contributed by atoms with Gasteiger partial charge >= 0.3 is 0 Å². The number of hydrogen-bond donors (Lipinski definition) is 0. The second-order valence-corrected chi connectivity index (χ2v) is 1.46. The first-order chi connectivity index (χ1) is 3.81. The quantitative estimate of drug-likeness (QED) is 0.482. The fourth-order valence-corrected chi connectivity index (χ4v) is 0.245. The van der Waals surface area contributed by atoms with E-state index < -0.39 is 0 Å². The largest absolute Gasteiger partial charge is 0.262 e. The molecule has 0 N–H and O–H groups in total. The highest BCUT2D eigenvalue weighted by Gasteiger charge is 1.71. The van der Waals surface area contributed by atoms with Gasteiger partial charge in [-0.2, -0.15) is 0 Å². The minimum atomic E-state index is 0.947. The van der Waals surface area contributed by atoms with Gasteiger partial charge in [0.25, 0.3) is 0 Å². The highest BCUT2D eigenvalue weighted by Crippen LogP contribution is 1.79. The minimum absolute atomic E-state index is 0.947. The number of hydrogen-bond acceptors (Lipinski definition) is 1. The first-order valence-corrected chi connectivity index (χ1v) is 2.59. The molecule has 8 heavy (non-hydrogen) atoms. The Morgan fingerprint density at radius 3 is 2.62 bits per heavy atom. The van der Waals surface area contributed by atoms with Crippen molar-refractivity contribution in [2.45, 2.75) is 13.8 Å². The maximum Gasteiger partial charge on any atom is 0.0366 e. The van der Waals surface area contributed by atoms with E-state index in [-0.39, 0.29) is 0 Å². The molecule has 0 fully saturated rings. The Balaban J connectivity index is 3.74. The van der Waals surface area contributed by atoms with Gasteiger partial charge in [-0.05, 0) is 19.9 Å². The first-order valence-electron chi connectivity index (χ1n) is 2.59. The molecule has 0 aromatic rings. The molecule has 0 unspecified atom stereocenters. The van der Waals surface area contributed by atoms with Crippen molar-refractivity contribution in [1.29, 1.82) is 0 Å². The average molecular weight is 109 g/mol. The summed E-state index contributed by atoms with van der Waals surface area (Å²) in [4.78, 5) is 3.98. The fourth-order valence-electron chi connectivity index (χ4n) is 0.245. The van der Waals surface area contributed by atoms with Gasteiger partial charge < -0.3 is 0 Å². The van der Waals surface area contributed by atoms with E-state index in [1.807, 2.05) is 19.9 Å². The van der Waals surface area contributed by atoms with E-state index in [9.17, 15) is 0 Å². The first kappa shape index (κ1) is 7.15. The smallest absolute Gasteiger partial charge is 0.0366 e. The van der Waals surface area contributed by atoms with Crippen molar-refractivity contribution in [1.82, 2.24) is 0 Å². The number of aliphatic imine (C=N–C) groups is 1. The molecule has 44 valence electrons. The fraction of sp³-hybridized carbons (Fsp3) is 0.286. The van der Waals surface area contributed by atoms with Crippen molar-refractivity contribution in [2.24, 2.45) is 4.99 Å². The Kier molecular flexibility index (Phi) is 3.85. The highest BCUT2D eigenvalue weighted by molar-refractivity contribution is 5.92. The van der Waals surface area contributed by atoms with Crippen molar-refractivity contribution >= 4 is 5.71 Å². The van der Waals surface area contributed by atoms with E-state index in [1.165, 1.54) is 0 Å². The Labute approximate surface area is 50.4 Å². The molecule has 0 heterocycles. The molecule has 0 atom stereocenters. The molecular formula is C7H11N. The lowest BCUT2D eigenvalue weighted by molar-refractivity contribution is 1.51. The van der Waals surface area contributed by atoms with Crippen LogP contribution in [0.15, 0.2) is 29.9 Å². The van der Waals surface area contributed by atoms with Gasteiger partial charge in [-0.1, -0.05) is 12.7 Å². The molecule has 0 radical (unpaired) electrons. The minimum Gasteiger partial charge on any atom is -0.262 e. The second-order valence-electron chi connectivity index (χ2n) is 1.46. The molecule has 0 spiro atoms. The summed E-state index contributed by atoms with van der Waals surface area (Å²) in [5.74, 6) is 0. The summed E-state index contributed by atoms with van der Waals surface area (Å²) in [6.07, 6.45) is 5.35. The Hall–Kier alpha value is -0.850. The molecule has 0 aromatic heterocycles. The molecule has 0 aliphatic carbocycles. The molecule has 0 rings (SSSR count). The molecule has 0 amide bonds. The molecular weight excluding hydrogens is 98.1 g/mol. The van der Waals surface area contributed by atoms with Gasteiger partial charge in [-0.25, -0.2) is 0 Å². The summed E-state index contributed by atoms with van der Waals surface area (Å²) in [7, 11) is 0.